The third kappa shape index (κ3) is 2.94. The molecule has 1 aromatic carbocycles. The summed E-state index contributed by atoms with van der Waals surface area (Å²) < 4.78 is 4.66. The molecule has 116 valence electrons. The Bertz CT molecular complexity index is 801. The van der Waals surface area contributed by atoms with Gasteiger partial charge >= 0.3 is 5.97 Å². The Kier molecular flexibility index (Phi) is 3.84. The molecule has 1 aromatic rings. The topological polar surface area (TPSA) is 106 Å². The fourth-order valence-corrected chi connectivity index (χ4v) is 2.42. The summed E-state index contributed by atoms with van der Waals surface area (Å²) in [5, 5.41) is 0. The van der Waals surface area contributed by atoms with E-state index in [1.54, 1.807) is 18.3 Å². The van der Waals surface area contributed by atoms with Crippen molar-refractivity contribution < 1.29 is 14.3 Å². The molecule has 2 N–H and O–H groups in total. The number of amidine groups is 1. The van der Waals surface area contributed by atoms with Gasteiger partial charge in [0.05, 0.1) is 18.2 Å². The zero-order valence-electron chi connectivity index (χ0n) is 12.4. The Balaban J connectivity index is 1.72. The van der Waals surface area contributed by atoms with Gasteiger partial charge in [-0.3, -0.25) is 4.79 Å². The maximum absolute atomic E-state index is 11.9. The summed E-state index contributed by atoms with van der Waals surface area (Å²) in [5.41, 5.74) is 8.20. The first-order chi connectivity index (χ1) is 11.1. The molecule has 0 saturated heterocycles. The molecule has 2 aliphatic rings. The Labute approximate surface area is 132 Å². The number of nitrogens with two attached hydrogens (primary N) is 1. The molecule has 7 nitrogen and oxygen atoms in total. The number of hydrogen-bond acceptors (Lipinski definition) is 6. The number of aliphatic imine (C=N–C) groups is 3. The van der Waals surface area contributed by atoms with Gasteiger partial charge in [0.15, 0.2) is 5.84 Å². The molecule has 0 atom stereocenters. The van der Waals surface area contributed by atoms with Gasteiger partial charge in [0.2, 0.25) is 5.96 Å². The summed E-state index contributed by atoms with van der Waals surface area (Å²) in [6.45, 7) is 0. The lowest BCUT2D eigenvalue weighted by molar-refractivity contribution is -0.114. The van der Waals surface area contributed by atoms with Crippen LogP contribution in [0.25, 0.3) is 0 Å². The van der Waals surface area contributed by atoms with Crippen LogP contribution in [0.5, 0.6) is 0 Å². The van der Waals surface area contributed by atoms with Gasteiger partial charge in [0, 0.05) is 6.21 Å². The number of hydrogen-bond donors (Lipinski definition) is 1. The number of guanidine groups is 1. The van der Waals surface area contributed by atoms with Crippen LogP contribution in [-0.2, 0) is 16.0 Å². The van der Waals surface area contributed by atoms with Crippen molar-refractivity contribution in [2.45, 2.75) is 12.8 Å². The van der Waals surface area contributed by atoms with E-state index in [0.717, 1.165) is 11.1 Å². The predicted octanol–water partition coefficient (Wildman–Crippen LogP) is 1.04. The molecule has 0 fully saturated rings. The van der Waals surface area contributed by atoms with E-state index in [9.17, 15) is 9.59 Å². The van der Waals surface area contributed by atoms with Gasteiger partial charge in [-0.15, -0.1) is 0 Å². The molecule has 0 bridgehead atoms. The fourth-order valence-electron chi connectivity index (χ4n) is 2.42. The maximum Gasteiger partial charge on any atom is 0.337 e. The summed E-state index contributed by atoms with van der Waals surface area (Å²) >= 11 is 0. The van der Waals surface area contributed by atoms with Crippen LogP contribution in [0.1, 0.15) is 22.3 Å². The summed E-state index contributed by atoms with van der Waals surface area (Å²) in [7, 11) is 1.35. The Morgan fingerprint density at radius 2 is 1.91 bits per heavy atom. The van der Waals surface area contributed by atoms with Crippen molar-refractivity contribution in [2.24, 2.45) is 20.7 Å². The number of benzene rings is 1. The summed E-state index contributed by atoms with van der Waals surface area (Å²) in [6.07, 6.45) is 2.95. The number of methoxy groups -OCH3 is 1. The number of carbonyl (C=O) groups excluding carboxylic acids is 2. The molecule has 0 spiro atoms. The highest BCUT2D eigenvalue weighted by atomic mass is 16.5. The van der Waals surface area contributed by atoms with Crippen LogP contribution in [-0.4, -0.2) is 37.0 Å². The highest BCUT2D eigenvalue weighted by molar-refractivity contribution is 6.34. The van der Waals surface area contributed by atoms with Crippen molar-refractivity contribution in [2.75, 3.05) is 7.11 Å². The molecule has 0 unspecified atom stereocenters. The summed E-state index contributed by atoms with van der Waals surface area (Å²) in [5.74, 6) is -0.501. The zero-order valence-corrected chi connectivity index (χ0v) is 12.4. The second kappa shape index (κ2) is 5.96. The zero-order chi connectivity index (χ0) is 16.4. The van der Waals surface area contributed by atoms with Crippen LogP contribution in [0.2, 0.25) is 0 Å². The first-order valence-electron chi connectivity index (χ1n) is 7.00. The van der Waals surface area contributed by atoms with Gasteiger partial charge in [-0.1, -0.05) is 12.1 Å². The van der Waals surface area contributed by atoms with E-state index in [-0.39, 0.29) is 11.9 Å². The van der Waals surface area contributed by atoms with E-state index in [4.69, 9.17) is 5.73 Å². The summed E-state index contributed by atoms with van der Waals surface area (Å²) in [4.78, 5) is 35.0. The third-order valence-electron chi connectivity index (χ3n) is 3.60. The Hall–Kier alpha value is -3.09. The Morgan fingerprint density at radius 1 is 1.17 bits per heavy atom. The number of carbonyl (C=O) groups is 2. The van der Waals surface area contributed by atoms with Crippen molar-refractivity contribution in [1.29, 1.82) is 0 Å². The lowest BCUT2D eigenvalue weighted by atomic mass is 10.00. The second-order valence-electron chi connectivity index (χ2n) is 5.06. The molecule has 7 heteroatoms. The number of nitrogens with zero attached hydrogens (tertiary/aromatic N) is 3. The molecular formula is C16H14N4O3. The molecule has 2 heterocycles. The van der Waals surface area contributed by atoms with Gasteiger partial charge in [0.1, 0.15) is 0 Å². The average Bonchev–Trinajstić information content (AvgIpc) is 2.95. The molecule has 0 aromatic heterocycles. The number of amides is 1. The van der Waals surface area contributed by atoms with E-state index >= 15 is 0 Å². The molecule has 0 saturated carbocycles. The van der Waals surface area contributed by atoms with Crippen molar-refractivity contribution in [3.63, 3.8) is 0 Å². The van der Waals surface area contributed by atoms with Crippen LogP contribution >= 0.6 is 0 Å². The van der Waals surface area contributed by atoms with Gasteiger partial charge < -0.3 is 10.5 Å². The molecule has 0 radical (unpaired) electrons. The molecule has 0 aliphatic carbocycles. The van der Waals surface area contributed by atoms with Crippen molar-refractivity contribution in [3.8, 4) is 0 Å². The quantitative estimate of drug-likeness (QED) is 0.838. The first kappa shape index (κ1) is 14.8. The minimum atomic E-state index is -0.402. The highest BCUT2D eigenvalue weighted by Gasteiger charge is 2.27. The van der Waals surface area contributed by atoms with Gasteiger partial charge in [-0.2, -0.15) is 9.98 Å². The lowest BCUT2D eigenvalue weighted by Gasteiger charge is -2.08. The van der Waals surface area contributed by atoms with E-state index in [2.05, 4.69) is 19.7 Å². The van der Waals surface area contributed by atoms with Crippen molar-refractivity contribution >= 4 is 29.9 Å². The van der Waals surface area contributed by atoms with Crippen LogP contribution in [0.3, 0.4) is 0 Å². The van der Waals surface area contributed by atoms with Crippen LogP contribution in [0.4, 0.5) is 0 Å². The monoisotopic (exact) mass is 310 g/mol. The van der Waals surface area contributed by atoms with E-state index in [1.165, 1.54) is 7.11 Å². The number of esters is 1. The van der Waals surface area contributed by atoms with Crippen LogP contribution in [0.15, 0.2) is 50.4 Å². The SMILES string of the molecule is COC(=O)c1ccc(CCC2=C3C(=O)N=C(N)N=C3N=C2)cc1. The number of aryl methyl sites for hydroxylation is 1. The predicted molar refractivity (Wildman–Crippen MR) is 85.7 cm³/mol. The maximum atomic E-state index is 11.9. The second-order valence-corrected chi connectivity index (χ2v) is 5.06. The molecule has 2 aliphatic heterocycles. The summed E-state index contributed by atoms with van der Waals surface area (Å²) in [6, 6.07) is 7.14. The number of fused-ring (bicyclic) bond motifs is 1. The molecular weight excluding hydrogens is 296 g/mol. The third-order valence-corrected chi connectivity index (χ3v) is 3.60. The number of allylic oxidation sites excluding steroid dienone is 1. The highest BCUT2D eigenvalue weighted by Crippen LogP contribution is 2.22. The van der Waals surface area contributed by atoms with Gasteiger partial charge in [0.25, 0.3) is 5.91 Å². The van der Waals surface area contributed by atoms with Crippen LogP contribution in [0, 0.1) is 0 Å². The van der Waals surface area contributed by atoms with E-state index in [0.29, 0.717) is 29.8 Å². The van der Waals surface area contributed by atoms with Gasteiger partial charge in [-0.25, -0.2) is 9.79 Å². The van der Waals surface area contributed by atoms with E-state index < -0.39 is 5.91 Å². The average molecular weight is 310 g/mol. The fraction of sp³-hybridized carbons (Fsp3) is 0.188. The van der Waals surface area contributed by atoms with Crippen molar-refractivity contribution in [3.05, 3.63) is 46.5 Å². The van der Waals surface area contributed by atoms with Crippen molar-refractivity contribution in [1.82, 2.24) is 0 Å². The Morgan fingerprint density at radius 3 is 2.61 bits per heavy atom. The number of rotatable bonds is 4. The smallest absolute Gasteiger partial charge is 0.337 e. The van der Waals surface area contributed by atoms with E-state index in [1.807, 2.05) is 12.1 Å². The van der Waals surface area contributed by atoms with Gasteiger partial charge in [-0.05, 0) is 36.1 Å². The minimum Gasteiger partial charge on any atom is -0.465 e. The standard InChI is InChI=1S/C16H14N4O3/c1-23-15(22)10-5-2-9(3-6-10)4-7-11-8-18-13-12(11)14(21)20-16(17)19-13/h2-3,5-6,8H,4,7H2,1H3,(H2,17,20,21). The number of ether oxygens (including phenoxy) is 1. The molecule has 23 heavy (non-hydrogen) atoms. The molecule has 3 rings (SSSR count). The minimum absolute atomic E-state index is 0.0643. The lowest BCUT2D eigenvalue weighted by Crippen LogP contribution is -2.22. The van der Waals surface area contributed by atoms with Crippen LogP contribution < -0.4 is 5.73 Å². The largest absolute Gasteiger partial charge is 0.465 e. The molecule has 1 amide bonds. The first-order valence-corrected chi connectivity index (χ1v) is 7.00. The normalized spacial score (nSPS) is 16.1.